The minimum atomic E-state index is -0.833. The Balaban J connectivity index is -0.0000000233. The molecule has 0 atom stereocenters. The predicted octanol–water partition coefficient (Wildman–Crippen LogP) is -0.671. The van der Waals surface area contributed by atoms with Crippen LogP contribution in [0.1, 0.15) is 6.92 Å². The van der Waals surface area contributed by atoms with Crippen molar-refractivity contribution in [3.05, 3.63) is 0 Å². The van der Waals surface area contributed by atoms with Crippen molar-refractivity contribution in [2.24, 2.45) is 0 Å². The van der Waals surface area contributed by atoms with Crippen LogP contribution in [0.4, 0.5) is 0 Å². The zero-order valence-electron chi connectivity index (χ0n) is 5.26. The van der Waals surface area contributed by atoms with Gasteiger partial charge in [0.25, 0.3) is 5.97 Å². The summed E-state index contributed by atoms with van der Waals surface area (Å²) in [6.45, 7) is 1.08. The molecule has 56 valence electrons. The van der Waals surface area contributed by atoms with Crippen LogP contribution in [0.5, 0.6) is 0 Å². The van der Waals surface area contributed by atoms with Gasteiger partial charge in [0, 0.05) is 6.92 Å². The number of thioether (sulfide) groups is 1. The third-order valence-electron chi connectivity index (χ3n) is 0. The van der Waals surface area contributed by atoms with Crippen molar-refractivity contribution in [1.29, 1.82) is 0 Å². The van der Waals surface area contributed by atoms with Crippen molar-refractivity contribution in [3.63, 3.8) is 0 Å². The quantitative estimate of drug-likeness (QED) is 0.505. The van der Waals surface area contributed by atoms with Crippen LogP contribution in [0.2, 0.25) is 0 Å². The molecule has 3 N–H and O–H groups in total. The maximum atomic E-state index is 9.00. The van der Waals surface area contributed by atoms with Gasteiger partial charge in [-0.2, -0.15) is 11.8 Å². The van der Waals surface area contributed by atoms with E-state index in [1.54, 1.807) is 11.8 Å². The molecule has 5 heteroatoms. The fourth-order valence-corrected chi connectivity index (χ4v) is 0. The number of carboxylic acid groups (broad SMARTS) is 1. The van der Waals surface area contributed by atoms with E-state index < -0.39 is 5.97 Å². The van der Waals surface area contributed by atoms with Crippen LogP contribution in [0.15, 0.2) is 0 Å². The Morgan fingerprint density at radius 2 is 1.44 bits per heavy atom. The van der Waals surface area contributed by atoms with E-state index in [1.165, 1.54) is 0 Å². The standard InChI is InChI=1S/C2H4O2.C2H6S.Ca.H2O.2H/c1-2(3)4;1-3-2;;;;/h1H3,(H,3,4);1-2H3;;1H2;;. The van der Waals surface area contributed by atoms with E-state index in [0.717, 1.165) is 6.92 Å². The molecule has 0 aliphatic carbocycles. The molecule has 0 aromatic rings. The van der Waals surface area contributed by atoms with Crippen LogP contribution in [0.3, 0.4) is 0 Å². The fraction of sp³-hybridized carbons (Fsp3) is 0.750. The summed E-state index contributed by atoms with van der Waals surface area (Å²) in [4.78, 5) is 9.00. The third kappa shape index (κ3) is 414. The molecule has 0 rings (SSSR count). The van der Waals surface area contributed by atoms with Crippen molar-refractivity contribution in [2.75, 3.05) is 12.5 Å². The van der Waals surface area contributed by atoms with Crippen LogP contribution in [-0.4, -0.2) is 66.8 Å². The van der Waals surface area contributed by atoms with Crippen molar-refractivity contribution in [1.82, 2.24) is 0 Å². The second-order valence-electron chi connectivity index (χ2n) is 0.927. The molecule has 0 aliphatic rings. The summed E-state index contributed by atoms with van der Waals surface area (Å²) in [5.41, 5.74) is 0. The molecule has 0 spiro atoms. The summed E-state index contributed by atoms with van der Waals surface area (Å²) in [6, 6.07) is 0. The normalized spacial score (nSPS) is 4.78. The second-order valence-corrected chi connectivity index (χ2v) is 1.74. The number of hydrogen-bond donors (Lipinski definition) is 1. The summed E-state index contributed by atoms with van der Waals surface area (Å²) in [5.74, 6) is -0.833. The van der Waals surface area contributed by atoms with Crippen molar-refractivity contribution in [2.45, 2.75) is 6.92 Å². The van der Waals surface area contributed by atoms with Gasteiger partial charge in [-0.3, -0.25) is 4.79 Å². The van der Waals surface area contributed by atoms with E-state index in [9.17, 15) is 0 Å². The molecule has 0 saturated carbocycles. The first-order valence-corrected chi connectivity index (χ1v) is 3.38. The molecule has 0 bridgehead atoms. The van der Waals surface area contributed by atoms with Crippen molar-refractivity contribution in [3.8, 4) is 0 Å². The van der Waals surface area contributed by atoms with Gasteiger partial charge < -0.3 is 10.6 Å². The van der Waals surface area contributed by atoms with Crippen LogP contribution in [-0.2, 0) is 4.79 Å². The van der Waals surface area contributed by atoms with Gasteiger partial charge in [0.15, 0.2) is 0 Å². The summed E-state index contributed by atoms with van der Waals surface area (Å²) in [5, 5.41) is 7.42. The summed E-state index contributed by atoms with van der Waals surface area (Å²) >= 11 is 1.75. The second kappa shape index (κ2) is 23.0. The van der Waals surface area contributed by atoms with Gasteiger partial charge in [0.1, 0.15) is 0 Å². The number of carbonyl (C=O) groups is 1. The number of carboxylic acids is 1. The zero-order chi connectivity index (χ0) is 6.28. The maximum absolute atomic E-state index is 9.00. The first-order valence-electron chi connectivity index (χ1n) is 1.74. The molecular weight excluding hydrogens is 168 g/mol. The average Bonchev–Trinajstić information content (AvgIpc) is 1.33. The summed E-state index contributed by atoms with van der Waals surface area (Å²) in [6.07, 6.45) is 4.08. The molecule has 0 amide bonds. The van der Waals surface area contributed by atoms with Gasteiger partial charge in [-0.15, -0.1) is 0 Å². The molecule has 0 heterocycles. The zero-order valence-corrected chi connectivity index (χ0v) is 6.08. The van der Waals surface area contributed by atoms with Crippen molar-refractivity contribution >= 4 is 55.5 Å². The first-order chi connectivity index (χ1) is 3.15. The van der Waals surface area contributed by atoms with Gasteiger partial charge >= 0.3 is 37.7 Å². The van der Waals surface area contributed by atoms with E-state index in [-0.39, 0.29) is 43.2 Å². The van der Waals surface area contributed by atoms with E-state index in [1.807, 2.05) is 12.5 Å². The Labute approximate surface area is 89.5 Å². The molecule has 0 aromatic carbocycles. The first kappa shape index (κ1) is 22.5. The topological polar surface area (TPSA) is 68.8 Å². The number of hydrogen-bond acceptors (Lipinski definition) is 2. The van der Waals surface area contributed by atoms with Gasteiger partial charge in [0.05, 0.1) is 0 Å². The van der Waals surface area contributed by atoms with E-state index in [4.69, 9.17) is 9.90 Å². The number of rotatable bonds is 0. The molecule has 0 saturated heterocycles. The molecule has 0 unspecified atom stereocenters. The van der Waals surface area contributed by atoms with E-state index in [0.29, 0.717) is 0 Å². The van der Waals surface area contributed by atoms with E-state index in [2.05, 4.69) is 0 Å². The Kier molecular flexibility index (Phi) is 57.5. The van der Waals surface area contributed by atoms with Gasteiger partial charge in [-0.05, 0) is 12.5 Å². The third-order valence-corrected chi connectivity index (χ3v) is 0. The Morgan fingerprint density at radius 1 is 1.44 bits per heavy atom. The SMILES string of the molecule is CC(=O)O.CSC.O.[CaH2]. The molecule has 0 radical (unpaired) electrons. The molecule has 0 aliphatic heterocycles. The number of aliphatic carboxylic acids is 1. The fourth-order valence-electron chi connectivity index (χ4n) is 0. The summed E-state index contributed by atoms with van der Waals surface area (Å²) in [7, 11) is 0. The Hall–Kier alpha value is 1.04. The van der Waals surface area contributed by atoms with E-state index >= 15 is 0 Å². The summed E-state index contributed by atoms with van der Waals surface area (Å²) < 4.78 is 0. The molecule has 9 heavy (non-hydrogen) atoms. The van der Waals surface area contributed by atoms with Crippen LogP contribution in [0, 0.1) is 0 Å². The molecule has 0 aromatic heterocycles. The van der Waals surface area contributed by atoms with Crippen LogP contribution in [0.25, 0.3) is 0 Å². The van der Waals surface area contributed by atoms with Gasteiger partial charge in [-0.1, -0.05) is 0 Å². The van der Waals surface area contributed by atoms with Crippen LogP contribution >= 0.6 is 11.8 Å². The predicted molar refractivity (Wildman–Crippen MR) is 44.9 cm³/mol. The Morgan fingerprint density at radius 3 is 1.44 bits per heavy atom. The monoisotopic (exact) mass is 182 g/mol. The van der Waals surface area contributed by atoms with Crippen LogP contribution < -0.4 is 0 Å². The Bertz CT molecular complexity index is 47.1. The molecule has 0 fully saturated rings. The molecule has 3 nitrogen and oxygen atoms in total. The van der Waals surface area contributed by atoms with Gasteiger partial charge in [-0.25, -0.2) is 0 Å². The van der Waals surface area contributed by atoms with Crippen molar-refractivity contribution < 1.29 is 15.4 Å². The minimum absolute atomic E-state index is 0. The molecular formula is C4H14CaO3S. The average molecular weight is 182 g/mol. The van der Waals surface area contributed by atoms with Gasteiger partial charge in [0.2, 0.25) is 0 Å².